The molecule has 23 heavy (non-hydrogen) atoms. The summed E-state index contributed by atoms with van der Waals surface area (Å²) >= 11 is 0. The van der Waals surface area contributed by atoms with E-state index in [-0.39, 0.29) is 12.5 Å². The summed E-state index contributed by atoms with van der Waals surface area (Å²) < 4.78 is 2.05. The van der Waals surface area contributed by atoms with Gasteiger partial charge in [0.15, 0.2) is 0 Å². The largest absolute Gasteiger partial charge is 0.396 e. The van der Waals surface area contributed by atoms with Crippen LogP contribution >= 0.6 is 0 Å². The van der Waals surface area contributed by atoms with Crippen molar-refractivity contribution in [3.8, 4) is 0 Å². The molecular weight excluding hydrogens is 290 g/mol. The molecule has 5 nitrogen and oxygen atoms in total. The highest BCUT2D eigenvalue weighted by Gasteiger charge is 2.25. The number of para-hydroxylation sites is 2. The smallest absolute Gasteiger partial charge is 0.224 e. The van der Waals surface area contributed by atoms with Crippen molar-refractivity contribution in [2.75, 3.05) is 13.7 Å². The number of rotatable bonds is 5. The molecule has 1 aromatic heterocycles. The van der Waals surface area contributed by atoms with Crippen molar-refractivity contribution >= 4 is 16.9 Å². The minimum absolute atomic E-state index is 0.190. The number of hydrogen-bond acceptors (Lipinski definition) is 3. The van der Waals surface area contributed by atoms with E-state index in [9.17, 15) is 9.90 Å². The van der Waals surface area contributed by atoms with Crippen molar-refractivity contribution in [2.24, 2.45) is 5.92 Å². The quantitative estimate of drug-likeness (QED) is 0.922. The number of fused-ring (bicyclic) bond motifs is 1. The zero-order valence-electron chi connectivity index (χ0n) is 13.7. The van der Waals surface area contributed by atoms with Gasteiger partial charge in [-0.25, -0.2) is 4.98 Å². The fourth-order valence-electron chi connectivity index (χ4n) is 3.50. The van der Waals surface area contributed by atoms with Gasteiger partial charge >= 0.3 is 0 Å². The SMILES string of the molecule is CN(C(=O)CCn1cnc2ccccc21)C1CCC(CO)CC1. The Morgan fingerprint density at radius 1 is 1.30 bits per heavy atom. The predicted octanol–water partition coefficient (Wildman–Crippen LogP) is 2.44. The maximum absolute atomic E-state index is 12.5. The molecule has 1 heterocycles. The predicted molar refractivity (Wildman–Crippen MR) is 90.0 cm³/mol. The summed E-state index contributed by atoms with van der Waals surface area (Å²) in [5, 5.41) is 9.21. The molecule has 1 fully saturated rings. The van der Waals surface area contributed by atoms with E-state index in [2.05, 4.69) is 4.98 Å². The third-order valence-electron chi connectivity index (χ3n) is 5.11. The number of aliphatic hydroxyl groups is 1. The summed E-state index contributed by atoms with van der Waals surface area (Å²) in [7, 11) is 1.91. The molecule has 2 aromatic rings. The number of imidazole rings is 1. The first kappa shape index (κ1) is 16.0. The van der Waals surface area contributed by atoms with E-state index in [0.717, 1.165) is 36.7 Å². The zero-order valence-corrected chi connectivity index (χ0v) is 13.7. The standard InChI is InChI=1S/C18H25N3O2/c1-20(15-8-6-14(12-22)7-9-15)18(23)10-11-21-13-19-16-4-2-3-5-17(16)21/h2-5,13-15,22H,6-12H2,1H3. The van der Waals surface area contributed by atoms with Crippen LogP contribution in [0.1, 0.15) is 32.1 Å². The molecule has 1 aliphatic rings. The summed E-state index contributed by atoms with van der Waals surface area (Å²) in [6.45, 7) is 0.938. The van der Waals surface area contributed by atoms with Crippen molar-refractivity contribution in [3.05, 3.63) is 30.6 Å². The molecule has 0 unspecified atom stereocenters. The van der Waals surface area contributed by atoms with Crippen molar-refractivity contribution in [2.45, 2.75) is 44.7 Å². The lowest BCUT2D eigenvalue weighted by Gasteiger charge is -2.34. The molecule has 0 bridgehead atoms. The van der Waals surface area contributed by atoms with Gasteiger partial charge in [-0.1, -0.05) is 12.1 Å². The summed E-state index contributed by atoms with van der Waals surface area (Å²) in [6.07, 6.45) is 6.35. The molecule has 0 radical (unpaired) electrons. The van der Waals surface area contributed by atoms with E-state index < -0.39 is 0 Å². The fraction of sp³-hybridized carbons (Fsp3) is 0.556. The second-order valence-electron chi connectivity index (χ2n) is 6.54. The lowest BCUT2D eigenvalue weighted by molar-refractivity contribution is -0.133. The van der Waals surface area contributed by atoms with Gasteiger partial charge in [-0.05, 0) is 43.7 Å². The van der Waals surface area contributed by atoms with Crippen LogP contribution < -0.4 is 0 Å². The normalized spacial score (nSPS) is 21.5. The third-order valence-corrected chi connectivity index (χ3v) is 5.11. The highest BCUT2D eigenvalue weighted by molar-refractivity contribution is 5.77. The molecule has 1 N–H and O–H groups in total. The minimum Gasteiger partial charge on any atom is -0.396 e. The number of aryl methyl sites for hydroxylation is 1. The highest BCUT2D eigenvalue weighted by atomic mass is 16.3. The molecular formula is C18H25N3O2. The lowest BCUT2D eigenvalue weighted by Crippen LogP contribution is -2.40. The van der Waals surface area contributed by atoms with Gasteiger partial charge in [-0.2, -0.15) is 0 Å². The Morgan fingerprint density at radius 2 is 2.04 bits per heavy atom. The van der Waals surface area contributed by atoms with Gasteiger partial charge < -0.3 is 14.6 Å². The van der Waals surface area contributed by atoms with Crippen LogP contribution in [0, 0.1) is 5.92 Å². The summed E-state index contributed by atoms with van der Waals surface area (Å²) in [6, 6.07) is 8.31. The number of aliphatic hydroxyl groups excluding tert-OH is 1. The Hall–Kier alpha value is -1.88. The van der Waals surface area contributed by atoms with E-state index >= 15 is 0 Å². The molecule has 0 spiro atoms. The summed E-state index contributed by atoms with van der Waals surface area (Å²) in [5.74, 6) is 0.613. The molecule has 0 atom stereocenters. The Balaban J connectivity index is 1.55. The van der Waals surface area contributed by atoms with Crippen LogP contribution in [0.3, 0.4) is 0 Å². The molecule has 1 aromatic carbocycles. The van der Waals surface area contributed by atoms with Crippen LogP contribution in [0.15, 0.2) is 30.6 Å². The number of nitrogens with zero attached hydrogens (tertiary/aromatic N) is 3. The van der Waals surface area contributed by atoms with Crippen molar-refractivity contribution < 1.29 is 9.90 Å². The topological polar surface area (TPSA) is 58.4 Å². The number of benzene rings is 1. The number of carbonyl (C=O) groups is 1. The third kappa shape index (κ3) is 3.55. The molecule has 1 amide bonds. The lowest BCUT2D eigenvalue weighted by atomic mass is 9.86. The average Bonchev–Trinajstić information content (AvgIpc) is 3.02. The molecule has 0 saturated heterocycles. The number of hydrogen-bond donors (Lipinski definition) is 1. The Kier molecular flexibility index (Phi) is 4.96. The minimum atomic E-state index is 0.190. The molecule has 1 aliphatic carbocycles. The van der Waals surface area contributed by atoms with Crippen LogP contribution in [0.2, 0.25) is 0 Å². The van der Waals surface area contributed by atoms with Gasteiger partial charge in [-0.3, -0.25) is 4.79 Å². The number of amides is 1. The van der Waals surface area contributed by atoms with Crippen LogP contribution in [0.4, 0.5) is 0 Å². The van der Waals surface area contributed by atoms with E-state index in [1.54, 1.807) is 0 Å². The van der Waals surface area contributed by atoms with Gasteiger partial charge in [0.05, 0.1) is 17.4 Å². The maximum Gasteiger partial charge on any atom is 0.224 e. The van der Waals surface area contributed by atoms with Crippen LogP contribution in [0.5, 0.6) is 0 Å². The maximum atomic E-state index is 12.5. The average molecular weight is 315 g/mol. The fourth-order valence-corrected chi connectivity index (χ4v) is 3.50. The second-order valence-corrected chi connectivity index (χ2v) is 6.54. The van der Waals surface area contributed by atoms with E-state index in [4.69, 9.17) is 0 Å². The molecule has 3 rings (SSSR count). The van der Waals surface area contributed by atoms with E-state index in [1.807, 2.05) is 47.1 Å². The van der Waals surface area contributed by atoms with Gasteiger partial charge in [0.25, 0.3) is 0 Å². The van der Waals surface area contributed by atoms with Gasteiger partial charge in [0.2, 0.25) is 5.91 Å². The second kappa shape index (κ2) is 7.13. The summed E-state index contributed by atoms with van der Waals surface area (Å²) in [4.78, 5) is 18.7. The van der Waals surface area contributed by atoms with Crippen molar-refractivity contribution in [3.63, 3.8) is 0 Å². The first-order valence-corrected chi connectivity index (χ1v) is 8.45. The van der Waals surface area contributed by atoms with Gasteiger partial charge in [0.1, 0.15) is 0 Å². The molecule has 1 saturated carbocycles. The zero-order chi connectivity index (χ0) is 16.2. The van der Waals surface area contributed by atoms with Crippen LogP contribution in [-0.4, -0.2) is 45.2 Å². The number of carbonyl (C=O) groups excluding carboxylic acids is 1. The van der Waals surface area contributed by atoms with E-state index in [1.165, 1.54) is 0 Å². The molecule has 5 heteroatoms. The summed E-state index contributed by atoms with van der Waals surface area (Å²) in [5.41, 5.74) is 2.04. The van der Waals surface area contributed by atoms with E-state index in [0.29, 0.717) is 24.9 Å². The molecule has 0 aliphatic heterocycles. The Morgan fingerprint density at radius 3 is 2.78 bits per heavy atom. The van der Waals surface area contributed by atoms with Crippen molar-refractivity contribution in [1.82, 2.24) is 14.5 Å². The highest BCUT2D eigenvalue weighted by Crippen LogP contribution is 2.27. The van der Waals surface area contributed by atoms with Crippen molar-refractivity contribution in [1.29, 1.82) is 0 Å². The first-order chi connectivity index (χ1) is 11.2. The first-order valence-electron chi connectivity index (χ1n) is 8.45. The molecule has 124 valence electrons. The van der Waals surface area contributed by atoms with Gasteiger partial charge in [0, 0.05) is 32.7 Å². The monoisotopic (exact) mass is 315 g/mol. The number of aromatic nitrogens is 2. The van der Waals surface area contributed by atoms with Crippen LogP contribution in [-0.2, 0) is 11.3 Å². The van der Waals surface area contributed by atoms with Gasteiger partial charge in [-0.15, -0.1) is 0 Å². The van der Waals surface area contributed by atoms with Crippen LogP contribution in [0.25, 0.3) is 11.0 Å². The Bertz CT molecular complexity index is 659. The Labute approximate surface area is 136 Å².